The number of carbonyl (C=O) groups excluding carboxylic acids is 1. The molecular formula is C18H29NO2Se. The number of nitrogens with one attached hydrogen (secondary N) is 1. The molecule has 0 aliphatic heterocycles. The van der Waals surface area contributed by atoms with Crippen LogP contribution in [-0.2, 0) is 11.2 Å². The van der Waals surface area contributed by atoms with Gasteiger partial charge < -0.3 is 0 Å². The number of hydrogen-bond acceptors (Lipinski definition) is 2. The topological polar surface area (TPSA) is 38.3 Å². The molecule has 1 N–H and O–H groups in total. The van der Waals surface area contributed by atoms with Crippen LogP contribution in [0.2, 0.25) is 10.6 Å². The van der Waals surface area contributed by atoms with Crippen LogP contribution in [0.3, 0.4) is 0 Å². The first-order chi connectivity index (χ1) is 10.4. The molecule has 0 unspecified atom stereocenters. The van der Waals surface area contributed by atoms with Gasteiger partial charge >= 0.3 is 141 Å². The summed E-state index contributed by atoms with van der Waals surface area (Å²) in [6.45, 7) is 7.90. The van der Waals surface area contributed by atoms with E-state index in [-0.39, 0.29) is 12.1 Å². The number of ether oxygens (including phenoxy) is 1. The van der Waals surface area contributed by atoms with Crippen molar-refractivity contribution >= 4 is 21.1 Å². The summed E-state index contributed by atoms with van der Waals surface area (Å²) < 4.78 is 5.39. The first kappa shape index (κ1) is 19.1. The monoisotopic (exact) mass is 371 g/mol. The third-order valence-corrected chi connectivity index (χ3v) is 5.56. The Morgan fingerprint density at radius 3 is 2.55 bits per heavy atom. The molecule has 1 rings (SSSR count). The molecule has 0 heterocycles. The van der Waals surface area contributed by atoms with Crippen molar-refractivity contribution in [1.29, 1.82) is 0 Å². The first-order valence-corrected chi connectivity index (χ1v) is 10.4. The van der Waals surface area contributed by atoms with Crippen LogP contribution in [0.15, 0.2) is 30.3 Å². The molecule has 0 bridgehead atoms. The average molecular weight is 370 g/mol. The molecule has 1 amide bonds. The summed E-state index contributed by atoms with van der Waals surface area (Å²) in [5, 5.41) is 5.39. The van der Waals surface area contributed by atoms with Crippen LogP contribution in [-0.4, -0.2) is 32.7 Å². The predicted molar refractivity (Wildman–Crippen MR) is 93.6 cm³/mol. The van der Waals surface area contributed by atoms with Gasteiger partial charge in [0.2, 0.25) is 0 Å². The Labute approximate surface area is 141 Å². The summed E-state index contributed by atoms with van der Waals surface area (Å²) in [5.41, 5.74) is 0.809. The van der Waals surface area contributed by atoms with E-state index < -0.39 is 5.60 Å². The van der Waals surface area contributed by atoms with E-state index in [1.165, 1.54) is 23.7 Å². The van der Waals surface area contributed by atoms with Crippen LogP contribution < -0.4 is 5.32 Å². The molecule has 22 heavy (non-hydrogen) atoms. The van der Waals surface area contributed by atoms with Crippen molar-refractivity contribution in [2.24, 2.45) is 0 Å². The van der Waals surface area contributed by atoms with Crippen LogP contribution in [0.5, 0.6) is 0 Å². The van der Waals surface area contributed by atoms with Gasteiger partial charge in [-0.2, -0.15) is 0 Å². The summed E-state index contributed by atoms with van der Waals surface area (Å²) in [5.74, 6) is 0. The number of rotatable bonds is 8. The van der Waals surface area contributed by atoms with Gasteiger partial charge in [-0.3, -0.25) is 0 Å². The predicted octanol–water partition coefficient (Wildman–Crippen LogP) is 4.46. The zero-order valence-electron chi connectivity index (χ0n) is 14.2. The van der Waals surface area contributed by atoms with Crippen molar-refractivity contribution in [2.75, 3.05) is 0 Å². The Balaban J connectivity index is 2.55. The number of hydrogen-bond donors (Lipinski definition) is 1. The normalized spacial score (nSPS) is 12.7. The van der Waals surface area contributed by atoms with Crippen LogP contribution in [0.1, 0.15) is 46.1 Å². The van der Waals surface area contributed by atoms with Crippen molar-refractivity contribution < 1.29 is 9.53 Å². The fourth-order valence-corrected chi connectivity index (χ4v) is 4.40. The molecule has 0 spiro atoms. The summed E-state index contributed by atoms with van der Waals surface area (Å²) in [7, 11) is 0. The van der Waals surface area contributed by atoms with E-state index in [1.54, 1.807) is 0 Å². The molecule has 1 aromatic carbocycles. The zero-order valence-corrected chi connectivity index (χ0v) is 15.9. The second-order valence-electron chi connectivity index (χ2n) is 6.46. The number of amides is 1. The van der Waals surface area contributed by atoms with Crippen molar-refractivity contribution in [3.05, 3.63) is 35.9 Å². The maximum absolute atomic E-state index is 12.0. The van der Waals surface area contributed by atoms with E-state index >= 15 is 0 Å². The Morgan fingerprint density at radius 2 is 1.95 bits per heavy atom. The Bertz CT molecular complexity index is 428. The molecule has 0 aromatic heterocycles. The fourth-order valence-electron chi connectivity index (χ4n) is 2.00. The van der Waals surface area contributed by atoms with Gasteiger partial charge in [0.25, 0.3) is 0 Å². The third kappa shape index (κ3) is 9.11. The van der Waals surface area contributed by atoms with Gasteiger partial charge in [-0.1, -0.05) is 0 Å². The fraction of sp³-hybridized carbons (Fsp3) is 0.611. The minimum atomic E-state index is -0.450. The van der Waals surface area contributed by atoms with Crippen molar-refractivity contribution in [1.82, 2.24) is 5.32 Å². The summed E-state index contributed by atoms with van der Waals surface area (Å²) in [6, 6.07) is 10.5. The van der Waals surface area contributed by atoms with Gasteiger partial charge in [0.15, 0.2) is 0 Å². The van der Waals surface area contributed by atoms with E-state index in [0.29, 0.717) is 15.0 Å². The van der Waals surface area contributed by atoms with Crippen LogP contribution in [0.4, 0.5) is 4.79 Å². The van der Waals surface area contributed by atoms with E-state index in [1.807, 2.05) is 39.0 Å². The molecule has 0 fully saturated rings. The van der Waals surface area contributed by atoms with Crippen molar-refractivity contribution in [3.63, 3.8) is 0 Å². The second kappa shape index (κ2) is 9.91. The molecule has 1 atom stereocenters. The van der Waals surface area contributed by atoms with Crippen LogP contribution in [0.25, 0.3) is 0 Å². The van der Waals surface area contributed by atoms with Gasteiger partial charge in [0, 0.05) is 0 Å². The molecule has 0 radical (unpaired) electrons. The molecule has 4 heteroatoms. The Kier molecular flexibility index (Phi) is 8.59. The van der Waals surface area contributed by atoms with Gasteiger partial charge in [0.1, 0.15) is 0 Å². The minimum absolute atomic E-state index is 0.161. The summed E-state index contributed by atoms with van der Waals surface area (Å²) in [6.07, 6.45) is 3.09. The van der Waals surface area contributed by atoms with E-state index in [0.717, 1.165) is 11.7 Å². The molecule has 0 aliphatic carbocycles. The molecule has 0 saturated heterocycles. The van der Waals surface area contributed by atoms with E-state index in [9.17, 15) is 4.79 Å². The average Bonchev–Trinajstić information content (AvgIpc) is 2.42. The summed E-state index contributed by atoms with van der Waals surface area (Å²) in [4.78, 5) is 12.0. The molecular weight excluding hydrogens is 341 g/mol. The molecule has 0 aliphatic rings. The number of benzene rings is 1. The Hall–Kier alpha value is -0.991. The maximum atomic E-state index is 12.0. The van der Waals surface area contributed by atoms with Crippen LogP contribution in [0, 0.1) is 0 Å². The zero-order chi connectivity index (χ0) is 16.4. The quantitative estimate of drug-likeness (QED) is 0.542. The van der Waals surface area contributed by atoms with E-state index in [2.05, 4.69) is 24.4 Å². The molecule has 0 saturated carbocycles. The summed E-state index contributed by atoms with van der Waals surface area (Å²) >= 11 is 0.574. The van der Waals surface area contributed by atoms with Gasteiger partial charge in [-0.15, -0.1) is 0 Å². The number of carbonyl (C=O) groups is 1. The molecule has 1 aromatic rings. The Morgan fingerprint density at radius 1 is 1.27 bits per heavy atom. The van der Waals surface area contributed by atoms with Gasteiger partial charge in [0.05, 0.1) is 0 Å². The molecule has 124 valence electrons. The van der Waals surface area contributed by atoms with Crippen molar-refractivity contribution in [2.45, 2.75) is 69.2 Å². The number of alkyl carbamates (subject to hydrolysis) is 1. The van der Waals surface area contributed by atoms with E-state index in [4.69, 9.17) is 4.74 Å². The first-order valence-electron chi connectivity index (χ1n) is 8.02. The SMILES string of the molecule is CCCC[Se]C[C@H](Cc1ccccc1)NC(=O)OC(C)(C)C. The number of unbranched alkanes of at least 4 members (excludes halogenated alkanes) is 1. The van der Waals surface area contributed by atoms with Gasteiger partial charge in [-0.25, -0.2) is 0 Å². The third-order valence-electron chi connectivity index (χ3n) is 3.01. The van der Waals surface area contributed by atoms with Crippen LogP contribution >= 0.6 is 0 Å². The van der Waals surface area contributed by atoms with Crippen molar-refractivity contribution in [3.8, 4) is 0 Å². The van der Waals surface area contributed by atoms with Gasteiger partial charge in [-0.05, 0) is 0 Å². The molecule has 3 nitrogen and oxygen atoms in total. The standard InChI is InChI=1S/C18H29NO2Se/c1-5-6-12-22-14-16(13-15-10-8-7-9-11-15)19-17(20)21-18(2,3)4/h7-11,16H,5-6,12-14H2,1-4H3,(H,19,20)/t16-/m0/s1. The second-order valence-corrected chi connectivity index (χ2v) is 8.87.